The van der Waals surface area contributed by atoms with Crippen LogP contribution in [0.25, 0.3) is 10.2 Å². The van der Waals surface area contributed by atoms with Crippen LogP contribution in [0.3, 0.4) is 0 Å². The number of rotatable bonds is 7. The van der Waals surface area contributed by atoms with E-state index in [1.807, 2.05) is 18.2 Å². The summed E-state index contributed by atoms with van der Waals surface area (Å²) in [7, 11) is 1.62. The zero-order valence-corrected chi connectivity index (χ0v) is 17.7. The van der Waals surface area contributed by atoms with Crippen LogP contribution in [0.15, 0.2) is 35.0 Å². The fourth-order valence-corrected chi connectivity index (χ4v) is 4.13. The number of aromatic nitrogens is 2. The SMILES string of the molecule is COc1ccc2sc(N(CCCN3CCOCC3)C(=O)c3ccno3)nc2c1.Cl. The summed E-state index contributed by atoms with van der Waals surface area (Å²) >= 11 is 1.48. The van der Waals surface area contributed by atoms with Gasteiger partial charge in [-0.3, -0.25) is 14.6 Å². The Hall–Kier alpha value is -2.20. The fourth-order valence-electron chi connectivity index (χ4n) is 3.16. The summed E-state index contributed by atoms with van der Waals surface area (Å²) in [4.78, 5) is 21.7. The van der Waals surface area contributed by atoms with Crippen molar-refractivity contribution in [2.45, 2.75) is 6.42 Å². The Morgan fingerprint density at radius 3 is 2.86 bits per heavy atom. The van der Waals surface area contributed by atoms with E-state index in [0.29, 0.717) is 11.7 Å². The number of halogens is 1. The highest BCUT2D eigenvalue weighted by Gasteiger charge is 2.24. The number of ether oxygens (including phenoxy) is 2. The molecular weight excluding hydrogens is 416 g/mol. The minimum absolute atomic E-state index is 0. The topological polar surface area (TPSA) is 80.9 Å². The summed E-state index contributed by atoms with van der Waals surface area (Å²) in [5, 5.41) is 4.31. The van der Waals surface area contributed by atoms with Gasteiger partial charge in [-0.1, -0.05) is 16.5 Å². The van der Waals surface area contributed by atoms with E-state index < -0.39 is 0 Å². The van der Waals surface area contributed by atoms with Crippen molar-refractivity contribution >= 4 is 45.0 Å². The molecule has 1 aromatic carbocycles. The molecule has 0 unspecified atom stereocenters. The number of hydrogen-bond acceptors (Lipinski definition) is 8. The van der Waals surface area contributed by atoms with Crippen molar-refractivity contribution in [1.82, 2.24) is 15.0 Å². The minimum Gasteiger partial charge on any atom is -0.497 e. The third-order valence-corrected chi connectivity index (χ3v) is 5.73. The molecule has 0 aliphatic carbocycles. The number of morpholine rings is 1. The van der Waals surface area contributed by atoms with Gasteiger partial charge in [-0.25, -0.2) is 4.98 Å². The van der Waals surface area contributed by atoms with Gasteiger partial charge >= 0.3 is 0 Å². The maximum absolute atomic E-state index is 13.0. The van der Waals surface area contributed by atoms with Crippen LogP contribution in [0.2, 0.25) is 0 Å². The van der Waals surface area contributed by atoms with Crippen LogP contribution in [0.1, 0.15) is 17.0 Å². The third kappa shape index (κ3) is 5.05. The lowest BCUT2D eigenvalue weighted by Gasteiger charge is -2.27. The monoisotopic (exact) mass is 438 g/mol. The second kappa shape index (κ2) is 10.0. The minimum atomic E-state index is -0.231. The first-order chi connectivity index (χ1) is 13.7. The fraction of sp³-hybridized carbons (Fsp3) is 0.421. The van der Waals surface area contributed by atoms with E-state index in [1.54, 1.807) is 18.1 Å². The number of thiazole rings is 1. The number of amides is 1. The molecule has 3 heterocycles. The number of nitrogens with zero attached hydrogens (tertiary/aromatic N) is 4. The molecule has 0 bridgehead atoms. The Morgan fingerprint density at radius 2 is 2.14 bits per heavy atom. The molecule has 1 fully saturated rings. The zero-order valence-electron chi connectivity index (χ0n) is 16.1. The van der Waals surface area contributed by atoms with Gasteiger partial charge in [0.15, 0.2) is 5.13 Å². The quantitative estimate of drug-likeness (QED) is 0.560. The maximum atomic E-state index is 13.0. The lowest BCUT2D eigenvalue weighted by atomic mass is 10.3. The van der Waals surface area contributed by atoms with E-state index >= 15 is 0 Å². The molecule has 8 nitrogen and oxygen atoms in total. The molecule has 1 aliphatic rings. The van der Waals surface area contributed by atoms with E-state index in [1.165, 1.54) is 17.5 Å². The van der Waals surface area contributed by atoms with Gasteiger partial charge in [-0.15, -0.1) is 12.4 Å². The van der Waals surface area contributed by atoms with Gasteiger partial charge in [0.1, 0.15) is 5.75 Å². The van der Waals surface area contributed by atoms with Crippen molar-refractivity contribution in [2.75, 3.05) is 51.4 Å². The van der Waals surface area contributed by atoms with E-state index in [9.17, 15) is 4.79 Å². The summed E-state index contributed by atoms with van der Waals surface area (Å²) in [6.07, 6.45) is 2.31. The average molecular weight is 439 g/mol. The highest BCUT2D eigenvalue weighted by molar-refractivity contribution is 7.22. The smallest absolute Gasteiger partial charge is 0.298 e. The largest absolute Gasteiger partial charge is 0.497 e. The Labute approximate surface area is 178 Å². The molecule has 0 N–H and O–H groups in total. The summed E-state index contributed by atoms with van der Waals surface area (Å²) in [5.41, 5.74) is 0.808. The molecule has 156 valence electrons. The summed E-state index contributed by atoms with van der Waals surface area (Å²) in [6.45, 7) is 4.84. The Balaban J connectivity index is 0.00000240. The van der Waals surface area contributed by atoms with Gasteiger partial charge < -0.3 is 14.0 Å². The molecule has 1 aliphatic heterocycles. The second-order valence-electron chi connectivity index (χ2n) is 6.47. The second-order valence-corrected chi connectivity index (χ2v) is 7.48. The van der Waals surface area contributed by atoms with E-state index in [0.717, 1.165) is 55.2 Å². The van der Waals surface area contributed by atoms with E-state index in [2.05, 4.69) is 15.0 Å². The van der Waals surface area contributed by atoms with Crippen molar-refractivity contribution in [3.05, 3.63) is 36.2 Å². The number of carbonyl (C=O) groups excluding carboxylic acids is 1. The van der Waals surface area contributed by atoms with Crippen molar-refractivity contribution in [1.29, 1.82) is 0 Å². The maximum Gasteiger partial charge on any atom is 0.298 e. The van der Waals surface area contributed by atoms with Crippen molar-refractivity contribution in [3.8, 4) is 5.75 Å². The summed E-state index contributed by atoms with van der Waals surface area (Å²) in [6, 6.07) is 7.30. The standard InChI is InChI=1S/C19H22N4O4S.ClH/c1-25-14-3-4-17-15(13-14)21-19(28-17)23(18(24)16-5-6-20-27-16)8-2-7-22-9-11-26-12-10-22;/h3-6,13H,2,7-12H2,1H3;1H. The van der Waals surface area contributed by atoms with Gasteiger partial charge in [0.05, 0.1) is 36.7 Å². The van der Waals surface area contributed by atoms with Crippen molar-refractivity contribution in [2.24, 2.45) is 0 Å². The first-order valence-electron chi connectivity index (χ1n) is 9.22. The van der Waals surface area contributed by atoms with Crippen LogP contribution in [0.5, 0.6) is 5.75 Å². The van der Waals surface area contributed by atoms with E-state index in [4.69, 9.17) is 14.0 Å². The van der Waals surface area contributed by atoms with Gasteiger partial charge in [0.25, 0.3) is 5.91 Å². The molecule has 0 atom stereocenters. The average Bonchev–Trinajstić information content (AvgIpc) is 3.40. The first kappa shape index (κ1) is 21.5. The number of anilines is 1. The number of carbonyl (C=O) groups is 1. The molecule has 3 aromatic rings. The lowest BCUT2D eigenvalue weighted by molar-refractivity contribution is 0.0376. The zero-order chi connectivity index (χ0) is 19.3. The summed E-state index contributed by atoms with van der Waals surface area (Å²) in [5.74, 6) is 0.721. The molecule has 4 rings (SSSR count). The molecule has 10 heteroatoms. The summed E-state index contributed by atoms with van der Waals surface area (Å²) < 4.78 is 16.8. The first-order valence-corrected chi connectivity index (χ1v) is 10.0. The van der Waals surface area contributed by atoms with Crippen LogP contribution in [-0.4, -0.2) is 67.5 Å². The molecule has 1 saturated heterocycles. The molecule has 2 aromatic heterocycles. The number of benzene rings is 1. The number of fused-ring (bicyclic) bond motifs is 1. The number of methoxy groups -OCH3 is 1. The van der Waals surface area contributed by atoms with Crippen LogP contribution in [0.4, 0.5) is 5.13 Å². The predicted molar refractivity (Wildman–Crippen MR) is 113 cm³/mol. The van der Waals surface area contributed by atoms with E-state index in [-0.39, 0.29) is 24.1 Å². The molecule has 29 heavy (non-hydrogen) atoms. The van der Waals surface area contributed by atoms with Gasteiger partial charge in [-0.2, -0.15) is 0 Å². The normalized spacial score (nSPS) is 14.5. The molecule has 0 radical (unpaired) electrons. The third-order valence-electron chi connectivity index (χ3n) is 4.67. The number of hydrogen-bond donors (Lipinski definition) is 0. The highest BCUT2D eigenvalue weighted by atomic mass is 35.5. The highest BCUT2D eigenvalue weighted by Crippen LogP contribution is 2.32. The van der Waals surface area contributed by atoms with Gasteiger partial charge in [-0.05, 0) is 18.6 Å². The lowest BCUT2D eigenvalue weighted by Crippen LogP contribution is -2.39. The van der Waals surface area contributed by atoms with Crippen LogP contribution in [0, 0.1) is 0 Å². The Bertz CT molecular complexity index is 928. The molecule has 1 amide bonds. The van der Waals surface area contributed by atoms with Gasteiger partial charge in [0, 0.05) is 38.3 Å². The van der Waals surface area contributed by atoms with Gasteiger partial charge in [0.2, 0.25) is 5.76 Å². The van der Waals surface area contributed by atoms with Crippen molar-refractivity contribution in [3.63, 3.8) is 0 Å². The molecule has 0 saturated carbocycles. The molecule has 0 spiro atoms. The van der Waals surface area contributed by atoms with Crippen LogP contribution in [-0.2, 0) is 4.74 Å². The van der Waals surface area contributed by atoms with Crippen LogP contribution < -0.4 is 9.64 Å². The van der Waals surface area contributed by atoms with Crippen molar-refractivity contribution < 1.29 is 18.8 Å². The predicted octanol–water partition coefficient (Wildman–Crippen LogP) is 3.08. The Kier molecular flexibility index (Phi) is 7.43. The Morgan fingerprint density at radius 1 is 1.31 bits per heavy atom. The van der Waals surface area contributed by atoms with Crippen LogP contribution >= 0.6 is 23.7 Å². The molecular formula is C19H23ClN4O4S.